The van der Waals surface area contributed by atoms with E-state index in [1.807, 2.05) is 29.4 Å². The quantitative estimate of drug-likeness (QED) is 0.943. The second kappa shape index (κ2) is 6.09. The van der Waals surface area contributed by atoms with Crippen LogP contribution in [-0.4, -0.2) is 21.9 Å². The highest BCUT2D eigenvalue weighted by Gasteiger charge is 2.39. The number of hydrazine groups is 1. The van der Waals surface area contributed by atoms with Crippen LogP contribution in [0.15, 0.2) is 67.0 Å². The van der Waals surface area contributed by atoms with Crippen molar-refractivity contribution in [3.63, 3.8) is 0 Å². The molecule has 2 atom stereocenters. The van der Waals surface area contributed by atoms with Crippen molar-refractivity contribution in [2.45, 2.75) is 25.0 Å². The summed E-state index contributed by atoms with van der Waals surface area (Å²) in [5.74, 6) is -0.292. The normalized spacial score (nSPS) is 22.8. The van der Waals surface area contributed by atoms with E-state index in [2.05, 4.69) is 17.6 Å². The first-order valence-corrected chi connectivity index (χ1v) is 8.04. The van der Waals surface area contributed by atoms with E-state index in [-0.39, 0.29) is 30.4 Å². The number of amides is 1. The average molecular weight is 323 g/mol. The Kier molecular flexibility index (Phi) is 3.78. The second-order valence-corrected chi connectivity index (χ2v) is 6.11. The molecule has 2 aromatic rings. The molecule has 2 aromatic carbocycles. The third-order valence-corrected chi connectivity index (χ3v) is 4.58. The van der Waals surface area contributed by atoms with Crippen LogP contribution in [0.4, 0.5) is 4.39 Å². The molecule has 1 N–H and O–H groups in total. The number of benzene rings is 2. The highest BCUT2D eigenvalue weighted by Crippen LogP contribution is 2.31. The fourth-order valence-corrected chi connectivity index (χ4v) is 3.28. The molecule has 2 aliphatic heterocycles. The van der Waals surface area contributed by atoms with Gasteiger partial charge in [0.1, 0.15) is 11.9 Å². The molecule has 2 heterocycles. The van der Waals surface area contributed by atoms with E-state index < -0.39 is 0 Å². The van der Waals surface area contributed by atoms with Crippen LogP contribution in [0.25, 0.3) is 0 Å². The lowest BCUT2D eigenvalue weighted by molar-refractivity contribution is -0.135. The Labute approximate surface area is 140 Å². The van der Waals surface area contributed by atoms with E-state index in [9.17, 15) is 9.18 Å². The van der Waals surface area contributed by atoms with Gasteiger partial charge < -0.3 is 9.91 Å². The van der Waals surface area contributed by atoms with Gasteiger partial charge in [-0.1, -0.05) is 48.5 Å². The van der Waals surface area contributed by atoms with Crippen LogP contribution >= 0.6 is 0 Å². The summed E-state index contributed by atoms with van der Waals surface area (Å²) >= 11 is 0. The zero-order chi connectivity index (χ0) is 16.5. The number of rotatable bonds is 3. The van der Waals surface area contributed by atoms with Crippen LogP contribution in [0.2, 0.25) is 0 Å². The maximum Gasteiger partial charge on any atom is 0.251 e. The van der Waals surface area contributed by atoms with Gasteiger partial charge in [0, 0.05) is 18.0 Å². The van der Waals surface area contributed by atoms with Crippen molar-refractivity contribution in [2.24, 2.45) is 0 Å². The van der Waals surface area contributed by atoms with E-state index in [0.717, 1.165) is 5.56 Å². The Morgan fingerprint density at radius 2 is 1.79 bits per heavy atom. The Hall–Kier alpha value is -2.66. The van der Waals surface area contributed by atoms with Crippen molar-refractivity contribution in [1.82, 2.24) is 15.3 Å². The van der Waals surface area contributed by atoms with Crippen LogP contribution in [0.3, 0.4) is 0 Å². The Morgan fingerprint density at radius 3 is 2.58 bits per heavy atom. The number of hydrogen-bond acceptors (Lipinski definition) is 3. The summed E-state index contributed by atoms with van der Waals surface area (Å²) in [4.78, 5) is 14.4. The molecular weight excluding hydrogens is 305 g/mol. The monoisotopic (exact) mass is 323 g/mol. The van der Waals surface area contributed by atoms with Gasteiger partial charge in [0.05, 0.1) is 12.6 Å². The summed E-state index contributed by atoms with van der Waals surface area (Å²) < 4.78 is 13.8. The van der Waals surface area contributed by atoms with Gasteiger partial charge in [-0.25, -0.2) is 9.82 Å². The summed E-state index contributed by atoms with van der Waals surface area (Å²) in [6, 6.07) is 16.5. The van der Waals surface area contributed by atoms with E-state index >= 15 is 0 Å². The van der Waals surface area contributed by atoms with Crippen molar-refractivity contribution in [3.05, 3.63) is 83.9 Å². The van der Waals surface area contributed by atoms with E-state index in [1.54, 1.807) is 29.3 Å². The molecular formula is C19H18FN3O. The SMILES string of the molecule is O=C1C2CC(c3ccccc3)NN2C=CN1Cc1ccccc1F. The first-order valence-electron chi connectivity index (χ1n) is 8.04. The molecule has 0 bridgehead atoms. The van der Waals surface area contributed by atoms with Crippen molar-refractivity contribution >= 4 is 5.91 Å². The summed E-state index contributed by atoms with van der Waals surface area (Å²) in [5.41, 5.74) is 5.04. The number of nitrogens with one attached hydrogen (secondary N) is 1. The number of nitrogens with zero attached hydrogens (tertiary/aromatic N) is 2. The van der Waals surface area contributed by atoms with E-state index in [0.29, 0.717) is 12.0 Å². The summed E-state index contributed by atoms with van der Waals surface area (Å²) in [6.07, 6.45) is 4.27. The van der Waals surface area contributed by atoms with Crippen LogP contribution in [0.1, 0.15) is 23.6 Å². The summed E-state index contributed by atoms with van der Waals surface area (Å²) in [7, 11) is 0. The molecule has 2 unspecified atom stereocenters. The van der Waals surface area contributed by atoms with Crippen LogP contribution in [0.5, 0.6) is 0 Å². The van der Waals surface area contributed by atoms with Crippen molar-refractivity contribution < 1.29 is 9.18 Å². The zero-order valence-corrected chi connectivity index (χ0v) is 13.1. The average Bonchev–Trinajstić information content (AvgIpc) is 3.05. The van der Waals surface area contributed by atoms with Crippen LogP contribution in [-0.2, 0) is 11.3 Å². The van der Waals surface area contributed by atoms with Crippen molar-refractivity contribution in [2.75, 3.05) is 0 Å². The fraction of sp³-hybridized carbons (Fsp3) is 0.211. The van der Waals surface area contributed by atoms with E-state index in [4.69, 9.17) is 0 Å². The van der Waals surface area contributed by atoms with Crippen molar-refractivity contribution in [1.29, 1.82) is 0 Å². The number of carbonyl (C=O) groups excluding carboxylic acids is 1. The highest BCUT2D eigenvalue weighted by atomic mass is 19.1. The maximum atomic E-state index is 13.8. The molecule has 1 saturated heterocycles. The first-order chi connectivity index (χ1) is 11.7. The molecule has 24 heavy (non-hydrogen) atoms. The van der Waals surface area contributed by atoms with Crippen LogP contribution in [0, 0.1) is 5.82 Å². The van der Waals surface area contributed by atoms with Gasteiger partial charge in [-0.05, 0) is 18.1 Å². The fourth-order valence-electron chi connectivity index (χ4n) is 3.28. The first kappa shape index (κ1) is 14.9. The van der Waals surface area contributed by atoms with Crippen LogP contribution < -0.4 is 5.43 Å². The zero-order valence-electron chi connectivity index (χ0n) is 13.1. The standard InChI is InChI=1S/C19H18FN3O/c20-16-9-5-4-8-15(16)13-22-10-11-23-18(19(22)24)12-17(21-23)14-6-2-1-3-7-14/h1-11,17-18,21H,12-13H2. The van der Waals surface area contributed by atoms with Gasteiger partial charge in [-0.15, -0.1) is 0 Å². The molecule has 0 saturated carbocycles. The molecule has 1 amide bonds. The number of hydrogen-bond donors (Lipinski definition) is 1. The van der Waals surface area contributed by atoms with Gasteiger partial charge in [0.2, 0.25) is 0 Å². The largest absolute Gasteiger partial charge is 0.311 e. The molecule has 2 aliphatic rings. The predicted molar refractivity (Wildman–Crippen MR) is 88.7 cm³/mol. The molecule has 0 spiro atoms. The van der Waals surface area contributed by atoms with Gasteiger partial charge in [-0.3, -0.25) is 4.79 Å². The lowest BCUT2D eigenvalue weighted by Crippen LogP contribution is -2.47. The van der Waals surface area contributed by atoms with Crippen molar-refractivity contribution in [3.8, 4) is 0 Å². The van der Waals surface area contributed by atoms with Gasteiger partial charge in [0.15, 0.2) is 0 Å². The third-order valence-electron chi connectivity index (χ3n) is 4.58. The highest BCUT2D eigenvalue weighted by molar-refractivity contribution is 5.84. The molecule has 4 nitrogen and oxygen atoms in total. The minimum Gasteiger partial charge on any atom is -0.311 e. The number of carbonyl (C=O) groups is 1. The third kappa shape index (κ3) is 2.67. The number of fused-ring (bicyclic) bond motifs is 1. The molecule has 0 aromatic heterocycles. The molecule has 0 radical (unpaired) electrons. The van der Waals surface area contributed by atoms with Gasteiger partial charge in [0.25, 0.3) is 5.91 Å². The molecule has 5 heteroatoms. The Morgan fingerprint density at radius 1 is 1.04 bits per heavy atom. The molecule has 122 valence electrons. The minimum atomic E-state index is -0.284. The van der Waals surface area contributed by atoms with Gasteiger partial charge in [-0.2, -0.15) is 0 Å². The topological polar surface area (TPSA) is 35.6 Å². The summed E-state index contributed by atoms with van der Waals surface area (Å²) in [6.45, 7) is 0.252. The lowest BCUT2D eigenvalue weighted by Gasteiger charge is -2.31. The Bertz CT molecular complexity index is 777. The van der Waals surface area contributed by atoms with Gasteiger partial charge >= 0.3 is 0 Å². The number of halogens is 1. The second-order valence-electron chi connectivity index (χ2n) is 6.11. The maximum absolute atomic E-state index is 13.8. The lowest BCUT2D eigenvalue weighted by atomic mass is 10.0. The minimum absolute atomic E-state index is 0.00770. The predicted octanol–water partition coefficient (Wildman–Crippen LogP) is 2.96. The summed E-state index contributed by atoms with van der Waals surface area (Å²) in [5, 5.41) is 1.86. The van der Waals surface area contributed by atoms with E-state index in [1.165, 1.54) is 6.07 Å². The Balaban J connectivity index is 1.51. The molecule has 4 rings (SSSR count). The molecule has 0 aliphatic carbocycles. The smallest absolute Gasteiger partial charge is 0.251 e. The molecule has 1 fully saturated rings.